The monoisotopic (exact) mass is 299 g/mol. The van der Waals surface area contributed by atoms with Gasteiger partial charge in [-0.1, -0.05) is 0 Å². The summed E-state index contributed by atoms with van der Waals surface area (Å²) >= 11 is 0. The Labute approximate surface area is 128 Å². The Hall–Kier alpha value is -1.30. The SMILES string of the molecule is CN(C)C(=O)CN(C)C1CCN(C(=O)OC(C)(C)C)CC1. The van der Waals surface area contributed by atoms with E-state index in [2.05, 4.69) is 4.90 Å². The highest BCUT2D eigenvalue weighted by atomic mass is 16.6. The van der Waals surface area contributed by atoms with Crippen molar-refractivity contribution < 1.29 is 14.3 Å². The number of carbonyl (C=O) groups excluding carboxylic acids is 2. The Morgan fingerprint density at radius 3 is 2.10 bits per heavy atom. The maximum Gasteiger partial charge on any atom is 0.410 e. The van der Waals surface area contributed by atoms with Gasteiger partial charge in [0.05, 0.1) is 6.54 Å². The van der Waals surface area contributed by atoms with Crippen LogP contribution in [-0.2, 0) is 9.53 Å². The van der Waals surface area contributed by atoms with Gasteiger partial charge in [-0.2, -0.15) is 0 Å². The molecule has 1 rings (SSSR count). The summed E-state index contributed by atoms with van der Waals surface area (Å²) in [6.45, 7) is 7.40. The van der Waals surface area contributed by atoms with Crippen LogP contribution in [0, 0.1) is 0 Å². The van der Waals surface area contributed by atoms with Crippen LogP contribution in [-0.4, -0.2) is 79.1 Å². The average Bonchev–Trinajstić information content (AvgIpc) is 2.36. The predicted molar refractivity (Wildman–Crippen MR) is 82.2 cm³/mol. The van der Waals surface area contributed by atoms with Gasteiger partial charge >= 0.3 is 6.09 Å². The van der Waals surface area contributed by atoms with Crippen molar-refractivity contribution in [3.8, 4) is 0 Å². The third-order valence-corrected chi connectivity index (χ3v) is 3.62. The second-order valence-electron chi connectivity index (χ2n) is 6.90. The quantitative estimate of drug-likeness (QED) is 0.790. The zero-order chi connectivity index (χ0) is 16.2. The predicted octanol–water partition coefficient (Wildman–Crippen LogP) is 1.41. The zero-order valence-corrected chi connectivity index (χ0v) is 14.2. The van der Waals surface area contributed by atoms with Gasteiger partial charge in [-0.05, 0) is 40.7 Å². The molecular formula is C15H29N3O3. The van der Waals surface area contributed by atoms with Crippen molar-refractivity contribution in [1.82, 2.24) is 14.7 Å². The fourth-order valence-corrected chi connectivity index (χ4v) is 2.30. The number of likely N-dealkylation sites (N-methyl/N-ethyl adjacent to an activating group) is 2. The molecule has 0 N–H and O–H groups in total. The van der Waals surface area contributed by atoms with Crippen molar-refractivity contribution in [2.75, 3.05) is 40.8 Å². The van der Waals surface area contributed by atoms with Crippen molar-refractivity contribution >= 4 is 12.0 Å². The topological polar surface area (TPSA) is 53.1 Å². The normalized spacial score (nSPS) is 17.0. The van der Waals surface area contributed by atoms with Crippen LogP contribution in [0.4, 0.5) is 4.79 Å². The van der Waals surface area contributed by atoms with Crippen LogP contribution in [0.3, 0.4) is 0 Å². The minimum Gasteiger partial charge on any atom is -0.444 e. The van der Waals surface area contributed by atoms with Crippen LogP contribution < -0.4 is 0 Å². The largest absolute Gasteiger partial charge is 0.444 e. The maximum absolute atomic E-state index is 12.0. The van der Waals surface area contributed by atoms with Crippen molar-refractivity contribution in [2.45, 2.75) is 45.3 Å². The van der Waals surface area contributed by atoms with E-state index in [1.807, 2.05) is 27.8 Å². The molecule has 1 heterocycles. The molecule has 0 aliphatic carbocycles. The van der Waals surface area contributed by atoms with Crippen LogP contribution in [0.1, 0.15) is 33.6 Å². The second-order valence-corrected chi connectivity index (χ2v) is 6.90. The van der Waals surface area contributed by atoms with Gasteiger partial charge in [-0.3, -0.25) is 9.69 Å². The molecule has 0 bridgehead atoms. The first-order valence-corrected chi connectivity index (χ1v) is 7.48. The standard InChI is InChI=1S/C15H29N3O3/c1-15(2,3)21-14(20)18-9-7-12(8-10-18)17(6)11-13(19)16(4)5/h12H,7-11H2,1-6H3. The van der Waals surface area contributed by atoms with Gasteiger partial charge in [0.2, 0.25) is 5.91 Å². The van der Waals surface area contributed by atoms with Crippen LogP contribution >= 0.6 is 0 Å². The van der Waals surface area contributed by atoms with Gasteiger partial charge in [-0.15, -0.1) is 0 Å². The van der Waals surface area contributed by atoms with E-state index in [0.717, 1.165) is 12.8 Å². The molecule has 21 heavy (non-hydrogen) atoms. The first kappa shape index (κ1) is 17.8. The van der Waals surface area contributed by atoms with E-state index in [-0.39, 0.29) is 12.0 Å². The number of carbonyl (C=O) groups is 2. The number of hydrogen-bond acceptors (Lipinski definition) is 4. The molecule has 0 radical (unpaired) electrons. The lowest BCUT2D eigenvalue weighted by molar-refractivity contribution is -0.130. The van der Waals surface area contributed by atoms with E-state index in [0.29, 0.717) is 25.7 Å². The summed E-state index contributed by atoms with van der Waals surface area (Å²) in [6.07, 6.45) is 1.50. The van der Waals surface area contributed by atoms with Crippen molar-refractivity contribution in [2.24, 2.45) is 0 Å². The smallest absolute Gasteiger partial charge is 0.410 e. The first-order chi connectivity index (χ1) is 9.60. The highest BCUT2D eigenvalue weighted by molar-refractivity contribution is 5.77. The molecule has 0 aromatic heterocycles. The van der Waals surface area contributed by atoms with E-state index in [1.54, 1.807) is 23.9 Å². The van der Waals surface area contributed by atoms with E-state index in [9.17, 15) is 9.59 Å². The van der Waals surface area contributed by atoms with E-state index < -0.39 is 5.60 Å². The Balaban J connectivity index is 2.41. The molecule has 0 atom stereocenters. The van der Waals surface area contributed by atoms with Gasteiger partial charge in [0.25, 0.3) is 0 Å². The van der Waals surface area contributed by atoms with Gasteiger partial charge in [-0.25, -0.2) is 4.79 Å². The first-order valence-electron chi connectivity index (χ1n) is 7.48. The highest BCUT2D eigenvalue weighted by Crippen LogP contribution is 2.18. The van der Waals surface area contributed by atoms with Crippen molar-refractivity contribution in [3.63, 3.8) is 0 Å². The van der Waals surface area contributed by atoms with Gasteiger partial charge < -0.3 is 14.5 Å². The lowest BCUT2D eigenvalue weighted by atomic mass is 10.0. The van der Waals surface area contributed by atoms with Gasteiger partial charge in [0.15, 0.2) is 0 Å². The molecule has 0 unspecified atom stereocenters. The molecule has 0 saturated carbocycles. The van der Waals surface area contributed by atoms with Gasteiger partial charge in [0.1, 0.15) is 5.60 Å². The van der Waals surface area contributed by atoms with E-state index >= 15 is 0 Å². The van der Waals surface area contributed by atoms with E-state index in [1.165, 1.54) is 0 Å². The zero-order valence-electron chi connectivity index (χ0n) is 14.2. The molecule has 6 heteroatoms. The molecule has 2 amide bonds. The summed E-state index contributed by atoms with van der Waals surface area (Å²) in [7, 11) is 5.50. The molecule has 0 spiro atoms. The Bertz CT molecular complexity index is 369. The minimum absolute atomic E-state index is 0.104. The number of likely N-dealkylation sites (tertiary alicyclic amines) is 1. The van der Waals surface area contributed by atoms with Crippen molar-refractivity contribution in [3.05, 3.63) is 0 Å². The Kier molecular flexibility index (Phi) is 6.01. The second kappa shape index (κ2) is 7.11. The molecule has 0 aromatic rings. The summed E-state index contributed by atoms with van der Waals surface area (Å²) in [5.41, 5.74) is -0.456. The average molecular weight is 299 g/mol. The molecule has 1 aliphatic heterocycles. The molecule has 1 fully saturated rings. The summed E-state index contributed by atoms with van der Waals surface area (Å²) in [4.78, 5) is 29.1. The molecule has 1 saturated heterocycles. The summed E-state index contributed by atoms with van der Waals surface area (Å²) in [5.74, 6) is 0.104. The summed E-state index contributed by atoms with van der Waals surface area (Å²) in [6, 6.07) is 0.340. The lowest BCUT2D eigenvalue weighted by Crippen LogP contribution is -2.48. The molecular weight excluding hydrogens is 270 g/mol. The van der Waals surface area contributed by atoms with E-state index in [4.69, 9.17) is 4.74 Å². The van der Waals surface area contributed by atoms with Crippen LogP contribution in [0.5, 0.6) is 0 Å². The summed E-state index contributed by atoms with van der Waals surface area (Å²) < 4.78 is 5.38. The third-order valence-electron chi connectivity index (χ3n) is 3.62. The number of nitrogens with zero attached hydrogens (tertiary/aromatic N) is 3. The molecule has 0 aromatic carbocycles. The third kappa shape index (κ3) is 5.91. The molecule has 122 valence electrons. The number of hydrogen-bond donors (Lipinski definition) is 0. The van der Waals surface area contributed by atoms with Crippen LogP contribution in [0.2, 0.25) is 0 Å². The fourth-order valence-electron chi connectivity index (χ4n) is 2.30. The number of piperidine rings is 1. The highest BCUT2D eigenvalue weighted by Gasteiger charge is 2.29. The van der Waals surface area contributed by atoms with Gasteiger partial charge in [0, 0.05) is 33.2 Å². The number of rotatable bonds is 3. The van der Waals surface area contributed by atoms with Crippen molar-refractivity contribution in [1.29, 1.82) is 0 Å². The Morgan fingerprint density at radius 2 is 1.67 bits per heavy atom. The minimum atomic E-state index is -0.456. The number of ether oxygens (including phenoxy) is 1. The summed E-state index contributed by atoms with van der Waals surface area (Å²) in [5, 5.41) is 0. The number of amides is 2. The fraction of sp³-hybridized carbons (Fsp3) is 0.867. The molecule has 6 nitrogen and oxygen atoms in total. The Morgan fingerprint density at radius 1 is 1.14 bits per heavy atom. The van der Waals surface area contributed by atoms with Crippen LogP contribution in [0.25, 0.3) is 0 Å². The maximum atomic E-state index is 12.0. The molecule has 1 aliphatic rings. The van der Waals surface area contributed by atoms with Crippen LogP contribution in [0.15, 0.2) is 0 Å². The lowest BCUT2D eigenvalue weighted by Gasteiger charge is -2.37.